The molecule has 1 aliphatic carbocycles. The molecule has 3 aromatic rings. The zero-order chi connectivity index (χ0) is 24.2. The SMILES string of the molecule is COCC1N=C(c2ccc(C3CCC4(CCNC4)CC3)cc2)c2c(sc(C)c2C)-n2c(C)nnc21. The fraction of sp³-hybridized carbons (Fsp3) is 0.536. The molecule has 2 fully saturated rings. The minimum Gasteiger partial charge on any atom is -0.382 e. The van der Waals surface area contributed by atoms with Crippen molar-refractivity contribution in [3.8, 4) is 5.00 Å². The Hall–Kier alpha value is -2.35. The molecule has 1 unspecified atom stereocenters. The summed E-state index contributed by atoms with van der Waals surface area (Å²) in [6.07, 6.45) is 6.67. The molecule has 0 radical (unpaired) electrons. The van der Waals surface area contributed by atoms with Crippen molar-refractivity contribution in [2.24, 2.45) is 10.4 Å². The Balaban J connectivity index is 1.35. The second kappa shape index (κ2) is 8.95. The van der Waals surface area contributed by atoms with E-state index in [2.05, 4.69) is 58.2 Å². The van der Waals surface area contributed by atoms with Crippen LogP contribution in [0.3, 0.4) is 0 Å². The molecule has 35 heavy (non-hydrogen) atoms. The topological polar surface area (TPSA) is 64.3 Å². The maximum absolute atomic E-state index is 5.57. The Morgan fingerprint density at radius 2 is 1.86 bits per heavy atom. The van der Waals surface area contributed by atoms with Crippen LogP contribution in [0.1, 0.15) is 82.8 Å². The Kier molecular flexibility index (Phi) is 5.90. The van der Waals surface area contributed by atoms with Crippen LogP contribution in [0.25, 0.3) is 5.00 Å². The number of benzene rings is 1. The summed E-state index contributed by atoms with van der Waals surface area (Å²) in [5.41, 5.74) is 6.75. The first kappa shape index (κ1) is 23.1. The van der Waals surface area contributed by atoms with E-state index < -0.39 is 0 Å². The van der Waals surface area contributed by atoms with Gasteiger partial charge in [-0.3, -0.25) is 9.56 Å². The molecule has 6 rings (SSSR count). The minimum absolute atomic E-state index is 0.190. The second-order valence-corrected chi connectivity index (χ2v) is 11.9. The van der Waals surface area contributed by atoms with Crippen LogP contribution in [0.2, 0.25) is 0 Å². The third-order valence-corrected chi connectivity index (χ3v) is 9.79. The van der Waals surface area contributed by atoms with Gasteiger partial charge in [0.05, 0.1) is 12.3 Å². The molecule has 1 saturated heterocycles. The maximum Gasteiger partial charge on any atom is 0.165 e. The molecule has 1 N–H and O–H groups in total. The summed E-state index contributed by atoms with van der Waals surface area (Å²) in [5.74, 6) is 2.42. The first-order valence-corrected chi connectivity index (χ1v) is 13.7. The molecule has 3 aliphatic rings. The van der Waals surface area contributed by atoms with Gasteiger partial charge in [0.25, 0.3) is 0 Å². The fourth-order valence-electron chi connectivity index (χ4n) is 6.36. The van der Waals surface area contributed by atoms with E-state index >= 15 is 0 Å². The van der Waals surface area contributed by atoms with Crippen molar-refractivity contribution in [2.75, 3.05) is 26.8 Å². The molecule has 1 spiro atoms. The Morgan fingerprint density at radius 1 is 1.09 bits per heavy atom. The smallest absolute Gasteiger partial charge is 0.165 e. The lowest BCUT2D eigenvalue weighted by Crippen LogP contribution is -2.29. The summed E-state index contributed by atoms with van der Waals surface area (Å²) in [5, 5.41) is 13.7. The molecule has 0 bridgehead atoms. The molecular weight excluding hydrogens is 454 g/mol. The van der Waals surface area contributed by atoms with E-state index in [1.807, 2.05) is 6.92 Å². The zero-order valence-corrected chi connectivity index (χ0v) is 22.0. The number of fused-ring (bicyclic) bond motifs is 3. The van der Waals surface area contributed by atoms with Gasteiger partial charge in [0.1, 0.15) is 16.9 Å². The number of hydrogen-bond donors (Lipinski definition) is 1. The van der Waals surface area contributed by atoms with Gasteiger partial charge in [0.15, 0.2) is 5.82 Å². The lowest BCUT2D eigenvalue weighted by molar-refractivity contribution is 0.178. The fourth-order valence-corrected chi connectivity index (χ4v) is 7.57. The van der Waals surface area contributed by atoms with Crippen molar-refractivity contribution in [2.45, 2.75) is 64.8 Å². The normalized spacial score (nSPS) is 25.9. The maximum atomic E-state index is 5.57. The molecule has 1 saturated carbocycles. The summed E-state index contributed by atoms with van der Waals surface area (Å²) < 4.78 is 7.75. The molecule has 4 heterocycles. The van der Waals surface area contributed by atoms with E-state index in [1.54, 1.807) is 18.4 Å². The quantitative estimate of drug-likeness (QED) is 0.531. The van der Waals surface area contributed by atoms with E-state index in [0.29, 0.717) is 17.9 Å². The van der Waals surface area contributed by atoms with E-state index in [-0.39, 0.29) is 6.04 Å². The Morgan fingerprint density at radius 3 is 2.54 bits per heavy atom. The molecule has 184 valence electrons. The average molecular weight is 490 g/mol. The number of methoxy groups -OCH3 is 1. The highest BCUT2D eigenvalue weighted by Gasteiger charge is 2.38. The highest BCUT2D eigenvalue weighted by Crippen LogP contribution is 2.46. The Labute approximate surface area is 211 Å². The van der Waals surface area contributed by atoms with Crippen molar-refractivity contribution in [1.82, 2.24) is 20.1 Å². The van der Waals surface area contributed by atoms with E-state index in [9.17, 15) is 0 Å². The Bertz CT molecular complexity index is 1260. The zero-order valence-electron chi connectivity index (χ0n) is 21.2. The van der Waals surface area contributed by atoms with Crippen molar-refractivity contribution in [3.05, 3.63) is 63.0 Å². The number of aromatic nitrogens is 3. The minimum atomic E-state index is -0.190. The predicted molar refractivity (Wildman–Crippen MR) is 141 cm³/mol. The second-order valence-electron chi connectivity index (χ2n) is 10.7. The number of aryl methyl sites for hydroxylation is 2. The number of nitrogens with one attached hydrogen (secondary N) is 1. The van der Waals surface area contributed by atoms with Crippen LogP contribution in [0.4, 0.5) is 0 Å². The van der Waals surface area contributed by atoms with Crippen LogP contribution in [-0.4, -0.2) is 47.3 Å². The number of nitrogens with zero attached hydrogens (tertiary/aromatic N) is 4. The molecule has 1 atom stereocenters. The van der Waals surface area contributed by atoms with Gasteiger partial charge in [0, 0.05) is 29.7 Å². The van der Waals surface area contributed by atoms with Crippen LogP contribution in [0.15, 0.2) is 29.3 Å². The number of thiophene rings is 1. The monoisotopic (exact) mass is 489 g/mol. The predicted octanol–water partition coefficient (Wildman–Crippen LogP) is 5.43. The van der Waals surface area contributed by atoms with Gasteiger partial charge in [-0.25, -0.2) is 0 Å². The third kappa shape index (κ3) is 3.88. The van der Waals surface area contributed by atoms with E-state index in [4.69, 9.17) is 9.73 Å². The van der Waals surface area contributed by atoms with Crippen molar-refractivity contribution < 1.29 is 4.74 Å². The molecular formula is C28H35N5OS. The molecule has 6 nitrogen and oxygen atoms in total. The lowest BCUT2D eigenvalue weighted by atomic mass is 9.68. The summed E-state index contributed by atoms with van der Waals surface area (Å²) in [7, 11) is 1.73. The number of rotatable bonds is 4. The highest BCUT2D eigenvalue weighted by atomic mass is 32.1. The van der Waals surface area contributed by atoms with Crippen LogP contribution < -0.4 is 5.32 Å². The van der Waals surface area contributed by atoms with E-state index in [0.717, 1.165) is 17.4 Å². The van der Waals surface area contributed by atoms with Crippen LogP contribution in [-0.2, 0) is 4.74 Å². The van der Waals surface area contributed by atoms with Crippen LogP contribution in [0.5, 0.6) is 0 Å². The average Bonchev–Trinajstić information content (AvgIpc) is 3.53. The van der Waals surface area contributed by atoms with Gasteiger partial charge in [-0.05, 0) is 81.9 Å². The van der Waals surface area contributed by atoms with Crippen molar-refractivity contribution >= 4 is 17.0 Å². The largest absolute Gasteiger partial charge is 0.382 e. The van der Waals surface area contributed by atoms with Gasteiger partial charge in [-0.15, -0.1) is 21.5 Å². The number of hydrogen-bond acceptors (Lipinski definition) is 6. The lowest BCUT2D eigenvalue weighted by Gasteiger charge is -2.37. The third-order valence-electron chi connectivity index (χ3n) is 8.60. The molecule has 1 aromatic carbocycles. The van der Waals surface area contributed by atoms with Gasteiger partial charge in [-0.2, -0.15) is 0 Å². The van der Waals surface area contributed by atoms with Crippen molar-refractivity contribution in [1.29, 1.82) is 0 Å². The standard InChI is InChI=1S/C28H35N5OS/c1-17-18(2)35-27-24(17)25(30-23(15-34-4)26-32-31-19(3)33(26)27)22-7-5-20(6-8-22)21-9-11-28(12-10-21)13-14-29-16-28/h5-8,21,23,29H,9-16H2,1-4H3. The van der Waals surface area contributed by atoms with Gasteiger partial charge in [0.2, 0.25) is 0 Å². The summed E-state index contributed by atoms with van der Waals surface area (Å²) in [6, 6.07) is 9.08. The summed E-state index contributed by atoms with van der Waals surface area (Å²) in [6.45, 7) is 9.31. The first-order chi connectivity index (χ1) is 17.0. The highest BCUT2D eigenvalue weighted by molar-refractivity contribution is 7.15. The first-order valence-electron chi connectivity index (χ1n) is 12.9. The number of ether oxygens (including phenoxy) is 1. The molecule has 0 amide bonds. The van der Waals surface area contributed by atoms with E-state index in [1.165, 1.54) is 77.3 Å². The molecule has 2 aliphatic heterocycles. The summed E-state index contributed by atoms with van der Waals surface area (Å²) in [4.78, 5) is 6.57. The van der Waals surface area contributed by atoms with Gasteiger partial charge in [-0.1, -0.05) is 24.3 Å². The molecule has 7 heteroatoms. The van der Waals surface area contributed by atoms with Gasteiger partial charge >= 0.3 is 0 Å². The van der Waals surface area contributed by atoms with Gasteiger partial charge < -0.3 is 10.1 Å². The van der Waals surface area contributed by atoms with Crippen LogP contribution in [0, 0.1) is 26.2 Å². The van der Waals surface area contributed by atoms with Crippen molar-refractivity contribution in [3.63, 3.8) is 0 Å². The van der Waals surface area contributed by atoms with Crippen LogP contribution >= 0.6 is 11.3 Å². The molecule has 2 aromatic heterocycles. The summed E-state index contributed by atoms with van der Waals surface area (Å²) >= 11 is 1.80. The number of aliphatic imine (C=N–C) groups is 1.